The SMILES string of the molecule is CCCCC(C)c1ccsc1. The Hall–Kier alpha value is -0.300. The number of thiophene rings is 1. The van der Waals surface area contributed by atoms with Gasteiger partial charge >= 0.3 is 0 Å². The molecule has 0 aromatic carbocycles. The number of hydrogen-bond donors (Lipinski definition) is 0. The first kappa shape index (κ1) is 8.79. The van der Waals surface area contributed by atoms with E-state index in [9.17, 15) is 0 Å². The predicted molar refractivity (Wildman–Crippen MR) is 52.3 cm³/mol. The van der Waals surface area contributed by atoms with Crippen LogP contribution in [-0.2, 0) is 0 Å². The molecule has 0 fully saturated rings. The maximum Gasteiger partial charge on any atom is -0.00585 e. The summed E-state index contributed by atoms with van der Waals surface area (Å²) in [5.74, 6) is 0.765. The first-order chi connectivity index (χ1) is 5.34. The van der Waals surface area contributed by atoms with Gasteiger partial charge in [0.2, 0.25) is 0 Å². The van der Waals surface area contributed by atoms with Crippen molar-refractivity contribution in [3.05, 3.63) is 22.4 Å². The average Bonchev–Trinajstić information content (AvgIpc) is 2.52. The van der Waals surface area contributed by atoms with Crippen LogP contribution in [0, 0.1) is 0 Å². The van der Waals surface area contributed by atoms with Crippen LogP contribution in [0.5, 0.6) is 0 Å². The zero-order valence-electron chi connectivity index (χ0n) is 7.34. The van der Waals surface area contributed by atoms with E-state index < -0.39 is 0 Å². The molecule has 0 saturated heterocycles. The second-order valence-electron chi connectivity index (χ2n) is 3.10. The third-order valence-corrected chi connectivity index (χ3v) is 2.80. The van der Waals surface area contributed by atoms with E-state index >= 15 is 0 Å². The summed E-state index contributed by atoms with van der Waals surface area (Å²) in [6.45, 7) is 4.57. The van der Waals surface area contributed by atoms with Crippen LogP contribution in [-0.4, -0.2) is 0 Å². The molecule has 0 bridgehead atoms. The van der Waals surface area contributed by atoms with Crippen molar-refractivity contribution in [2.45, 2.75) is 39.0 Å². The Bertz CT molecular complexity index is 177. The lowest BCUT2D eigenvalue weighted by Gasteiger charge is -2.07. The maximum atomic E-state index is 2.32. The molecule has 1 aromatic rings. The molecule has 1 heteroatoms. The standard InChI is InChI=1S/C10H16S/c1-3-4-5-9(2)10-6-7-11-8-10/h6-9H,3-5H2,1-2H3. The van der Waals surface area contributed by atoms with E-state index in [2.05, 4.69) is 30.7 Å². The third kappa shape index (κ3) is 2.66. The van der Waals surface area contributed by atoms with Crippen molar-refractivity contribution < 1.29 is 0 Å². The molecular weight excluding hydrogens is 152 g/mol. The number of hydrogen-bond acceptors (Lipinski definition) is 1. The summed E-state index contributed by atoms with van der Waals surface area (Å²) in [4.78, 5) is 0. The molecule has 11 heavy (non-hydrogen) atoms. The molecule has 0 saturated carbocycles. The van der Waals surface area contributed by atoms with Crippen LogP contribution < -0.4 is 0 Å². The van der Waals surface area contributed by atoms with Gasteiger partial charge in [-0.15, -0.1) is 0 Å². The lowest BCUT2D eigenvalue weighted by Crippen LogP contribution is -1.89. The van der Waals surface area contributed by atoms with Gasteiger partial charge in [0.05, 0.1) is 0 Å². The summed E-state index contributed by atoms with van der Waals surface area (Å²) >= 11 is 1.80. The topological polar surface area (TPSA) is 0 Å². The quantitative estimate of drug-likeness (QED) is 0.636. The van der Waals surface area contributed by atoms with Crippen LogP contribution >= 0.6 is 11.3 Å². The van der Waals surface area contributed by atoms with Crippen LogP contribution in [0.3, 0.4) is 0 Å². The fourth-order valence-corrected chi connectivity index (χ4v) is 2.01. The van der Waals surface area contributed by atoms with Gasteiger partial charge in [0.1, 0.15) is 0 Å². The monoisotopic (exact) mass is 168 g/mol. The van der Waals surface area contributed by atoms with Gasteiger partial charge in [0.25, 0.3) is 0 Å². The highest BCUT2D eigenvalue weighted by Crippen LogP contribution is 2.22. The first-order valence-corrected chi connectivity index (χ1v) is 5.31. The minimum Gasteiger partial charge on any atom is -0.152 e. The van der Waals surface area contributed by atoms with Crippen LogP contribution in [0.25, 0.3) is 0 Å². The second kappa shape index (κ2) is 4.55. The maximum absolute atomic E-state index is 2.32. The van der Waals surface area contributed by atoms with Crippen molar-refractivity contribution in [1.29, 1.82) is 0 Å². The van der Waals surface area contributed by atoms with Crippen molar-refractivity contribution >= 4 is 11.3 Å². The van der Waals surface area contributed by atoms with Crippen LogP contribution in [0.15, 0.2) is 16.8 Å². The minimum absolute atomic E-state index is 0.765. The molecule has 1 heterocycles. The molecule has 0 amide bonds. The number of unbranched alkanes of at least 4 members (excludes halogenated alkanes) is 1. The Morgan fingerprint density at radius 3 is 2.91 bits per heavy atom. The molecule has 0 spiro atoms. The molecular formula is C10H16S. The highest BCUT2D eigenvalue weighted by Gasteiger charge is 2.03. The highest BCUT2D eigenvalue weighted by molar-refractivity contribution is 7.07. The van der Waals surface area contributed by atoms with Crippen molar-refractivity contribution in [2.24, 2.45) is 0 Å². The zero-order chi connectivity index (χ0) is 8.10. The summed E-state index contributed by atoms with van der Waals surface area (Å²) in [6.07, 6.45) is 4.01. The van der Waals surface area contributed by atoms with Crippen LogP contribution in [0.4, 0.5) is 0 Å². The van der Waals surface area contributed by atoms with Crippen molar-refractivity contribution in [3.63, 3.8) is 0 Å². The third-order valence-electron chi connectivity index (χ3n) is 2.10. The summed E-state index contributed by atoms with van der Waals surface area (Å²) in [6, 6.07) is 2.24. The Morgan fingerprint density at radius 1 is 1.55 bits per heavy atom. The van der Waals surface area contributed by atoms with E-state index in [4.69, 9.17) is 0 Å². The average molecular weight is 168 g/mol. The van der Waals surface area contributed by atoms with Gasteiger partial charge in [-0.25, -0.2) is 0 Å². The molecule has 1 atom stereocenters. The molecule has 1 rings (SSSR count). The van der Waals surface area contributed by atoms with E-state index in [0.717, 1.165) is 5.92 Å². The van der Waals surface area contributed by atoms with E-state index in [1.165, 1.54) is 24.8 Å². The van der Waals surface area contributed by atoms with Gasteiger partial charge in [-0.1, -0.05) is 26.7 Å². The normalized spacial score (nSPS) is 13.3. The van der Waals surface area contributed by atoms with Crippen LogP contribution in [0.1, 0.15) is 44.6 Å². The molecule has 0 aliphatic carbocycles. The summed E-state index contributed by atoms with van der Waals surface area (Å²) < 4.78 is 0. The second-order valence-corrected chi connectivity index (χ2v) is 3.88. The minimum atomic E-state index is 0.765. The van der Waals surface area contributed by atoms with Gasteiger partial charge in [-0.2, -0.15) is 11.3 Å². The van der Waals surface area contributed by atoms with Crippen molar-refractivity contribution in [2.75, 3.05) is 0 Å². The van der Waals surface area contributed by atoms with Crippen LogP contribution in [0.2, 0.25) is 0 Å². The molecule has 0 N–H and O–H groups in total. The Labute approximate surface area is 73.3 Å². The van der Waals surface area contributed by atoms with Gasteiger partial charge in [-0.3, -0.25) is 0 Å². The van der Waals surface area contributed by atoms with Gasteiger partial charge < -0.3 is 0 Å². The van der Waals surface area contributed by atoms with E-state index in [-0.39, 0.29) is 0 Å². The zero-order valence-corrected chi connectivity index (χ0v) is 8.16. The van der Waals surface area contributed by atoms with Gasteiger partial charge in [-0.05, 0) is 34.7 Å². The lowest BCUT2D eigenvalue weighted by atomic mass is 9.98. The fraction of sp³-hybridized carbons (Fsp3) is 0.600. The smallest absolute Gasteiger partial charge is 0.00585 e. The summed E-state index contributed by atoms with van der Waals surface area (Å²) in [5.41, 5.74) is 1.52. The Kier molecular flexibility index (Phi) is 3.64. The molecule has 0 aliphatic rings. The molecule has 1 aromatic heterocycles. The largest absolute Gasteiger partial charge is 0.152 e. The fourth-order valence-electron chi connectivity index (χ4n) is 1.23. The molecule has 1 unspecified atom stereocenters. The van der Waals surface area contributed by atoms with E-state index in [1.807, 2.05) is 0 Å². The molecule has 0 aliphatic heterocycles. The molecule has 0 nitrogen and oxygen atoms in total. The Morgan fingerprint density at radius 2 is 2.36 bits per heavy atom. The summed E-state index contributed by atoms with van der Waals surface area (Å²) in [5, 5.41) is 4.43. The predicted octanol–water partition coefficient (Wildman–Crippen LogP) is 4.04. The van der Waals surface area contributed by atoms with Gasteiger partial charge in [0.15, 0.2) is 0 Å². The first-order valence-electron chi connectivity index (χ1n) is 4.36. The summed E-state index contributed by atoms with van der Waals surface area (Å²) in [7, 11) is 0. The van der Waals surface area contributed by atoms with Crippen molar-refractivity contribution in [1.82, 2.24) is 0 Å². The number of rotatable bonds is 4. The molecule has 0 radical (unpaired) electrons. The van der Waals surface area contributed by atoms with E-state index in [0.29, 0.717) is 0 Å². The lowest BCUT2D eigenvalue weighted by molar-refractivity contribution is 0.626. The van der Waals surface area contributed by atoms with Gasteiger partial charge in [0, 0.05) is 0 Å². The Balaban J connectivity index is 2.36. The van der Waals surface area contributed by atoms with Crippen molar-refractivity contribution in [3.8, 4) is 0 Å². The van der Waals surface area contributed by atoms with E-state index in [1.54, 1.807) is 11.3 Å². The molecule has 62 valence electrons. The highest BCUT2D eigenvalue weighted by atomic mass is 32.1.